The molecule has 6 nitrogen and oxygen atoms in total. The zero-order chi connectivity index (χ0) is 14.3. The number of carboxylic acids is 1. The average Bonchev–Trinajstić information content (AvgIpc) is 2.36. The fraction of sp³-hybridized carbons (Fsp3) is 0.333. The normalized spacial score (nSPS) is 11.7. The Bertz CT molecular complexity index is 452. The second kappa shape index (κ2) is 7.32. The molecule has 0 aliphatic rings. The Labute approximate surface area is 108 Å². The van der Waals surface area contributed by atoms with E-state index in [1.165, 1.54) is 18.2 Å². The van der Waals surface area contributed by atoms with Crippen molar-refractivity contribution < 1.29 is 28.9 Å². The van der Waals surface area contributed by atoms with E-state index in [1.54, 1.807) is 0 Å². The minimum absolute atomic E-state index is 0.0127. The summed E-state index contributed by atoms with van der Waals surface area (Å²) in [7, 11) is 0. The van der Waals surface area contributed by atoms with Crippen molar-refractivity contribution in [2.75, 3.05) is 13.2 Å². The topological polar surface area (TPSA) is 95.9 Å². The Hall–Kier alpha value is -2.15. The highest BCUT2D eigenvalue weighted by molar-refractivity contribution is 5.77. The second-order valence-electron chi connectivity index (χ2n) is 3.74. The molecule has 0 bridgehead atoms. The minimum Gasteiger partial charge on any atom is -0.484 e. The molecule has 104 valence electrons. The van der Waals surface area contributed by atoms with Gasteiger partial charge in [-0.2, -0.15) is 0 Å². The Morgan fingerprint density at radius 1 is 1.42 bits per heavy atom. The van der Waals surface area contributed by atoms with Crippen molar-refractivity contribution in [3.63, 3.8) is 0 Å². The van der Waals surface area contributed by atoms with Crippen molar-refractivity contribution in [3.8, 4) is 5.75 Å². The largest absolute Gasteiger partial charge is 0.484 e. The molecule has 1 aromatic carbocycles. The van der Waals surface area contributed by atoms with Crippen LogP contribution in [0.3, 0.4) is 0 Å². The number of carbonyl (C=O) groups excluding carboxylic acids is 1. The number of hydrogen-bond acceptors (Lipinski definition) is 4. The van der Waals surface area contributed by atoms with Gasteiger partial charge >= 0.3 is 5.97 Å². The van der Waals surface area contributed by atoms with Crippen LogP contribution in [-0.2, 0) is 9.59 Å². The predicted octanol–water partition coefficient (Wildman–Crippen LogP) is 0.156. The van der Waals surface area contributed by atoms with Gasteiger partial charge in [-0.3, -0.25) is 4.79 Å². The number of benzene rings is 1. The molecule has 7 heteroatoms. The van der Waals surface area contributed by atoms with E-state index in [0.717, 1.165) is 6.07 Å². The number of aliphatic hydroxyl groups is 1. The van der Waals surface area contributed by atoms with Gasteiger partial charge in [-0.15, -0.1) is 0 Å². The molecular formula is C12H14FNO5. The summed E-state index contributed by atoms with van der Waals surface area (Å²) < 4.78 is 17.8. The number of carbonyl (C=O) groups is 2. The van der Waals surface area contributed by atoms with E-state index in [1.807, 2.05) is 0 Å². The molecule has 1 atom stereocenters. The molecule has 3 N–H and O–H groups in total. The van der Waals surface area contributed by atoms with E-state index in [9.17, 15) is 14.0 Å². The molecule has 1 amide bonds. The zero-order valence-corrected chi connectivity index (χ0v) is 10.0. The number of carboxylic acid groups (broad SMARTS) is 1. The summed E-state index contributed by atoms with van der Waals surface area (Å²) >= 11 is 0. The van der Waals surface area contributed by atoms with Crippen LogP contribution in [0, 0.1) is 5.82 Å². The van der Waals surface area contributed by atoms with Crippen LogP contribution < -0.4 is 10.1 Å². The van der Waals surface area contributed by atoms with E-state index in [4.69, 9.17) is 14.9 Å². The van der Waals surface area contributed by atoms with Crippen LogP contribution in [-0.4, -0.2) is 41.3 Å². The highest BCUT2D eigenvalue weighted by Gasteiger charge is 2.12. The van der Waals surface area contributed by atoms with Crippen LogP contribution in [0.4, 0.5) is 4.39 Å². The van der Waals surface area contributed by atoms with Crippen molar-refractivity contribution in [1.82, 2.24) is 5.32 Å². The van der Waals surface area contributed by atoms with E-state index >= 15 is 0 Å². The van der Waals surface area contributed by atoms with Gasteiger partial charge in [-0.05, 0) is 12.1 Å². The van der Waals surface area contributed by atoms with E-state index in [-0.39, 0.29) is 25.3 Å². The molecule has 0 fully saturated rings. The zero-order valence-electron chi connectivity index (χ0n) is 10.0. The lowest BCUT2D eigenvalue weighted by atomic mass is 10.2. The van der Waals surface area contributed by atoms with E-state index < -0.39 is 23.8 Å². The van der Waals surface area contributed by atoms with E-state index in [0.29, 0.717) is 0 Å². The smallest absolute Gasteiger partial charge is 0.332 e. The van der Waals surface area contributed by atoms with Crippen LogP contribution >= 0.6 is 0 Å². The van der Waals surface area contributed by atoms with Gasteiger partial charge in [-0.25, -0.2) is 9.18 Å². The standard InChI is InChI=1S/C12H14FNO5/c13-8-2-1-3-9(6-8)19-7-11(16)14-5-4-10(15)12(17)18/h1-3,6,10,15H,4-5,7H2,(H,14,16)(H,17,18)/t10-/m0/s1. The molecule has 0 saturated carbocycles. The Balaban J connectivity index is 2.23. The maximum absolute atomic E-state index is 12.8. The second-order valence-corrected chi connectivity index (χ2v) is 3.74. The maximum Gasteiger partial charge on any atom is 0.332 e. The van der Waals surface area contributed by atoms with Crippen molar-refractivity contribution in [1.29, 1.82) is 0 Å². The van der Waals surface area contributed by atoms with Gasteiger partial charge in [0, 0.05) is 19.0 Å². The molecule has 0 aliphatic carbocycles. The van der Waals surface area contributed by atoms with Gasteiger partial charge in [0.2, 0.25) is 0 Å². The molecule has 1 aromatic rings. The lowest BCUT2D eigenvalue weighted by Gasteiger charge is -2.08. The Morgan fingerprint density at radius 3 is 2.79 bits per heavy atom. The quantitative estimate of drug-likeness (QED) is 0.656. The summed E-state index contributed by atoms with van der Waals surface area (Å²) in [5.74, 6) is -2.07. The fourth-order valence-corrected chi connectivity index (χ4v) is 1.23. The van der Waals surface area contributed by atoms with Crippen molar-refractivity contribution in [2.24, 2.45) is 0 Å². The van der Waals surface area contributed by atoms with Crippen LogP contribution in [0.25, 0.3) is 0 Å². The Morgan fingerprint density at radius 2 is 2.16 bits per heavy atom. The third kappa shape index (κ3) is 5.82. The lowest BCUT2D eigenvalue weighted by Crippen LogP contribution is -2.33. The SMILES string of the molecule is O=C(COc1cccc(F)c1)NCC[C@H](O)C(=O)O. The minimum atomic E-state index is -1.51. The molecule has 0 unspecified atom stereocenters. The highest BCUT2D eigenvalue weighted by Crippen LogP contribution is 2.11. The number of amides is 1. The third-order valence-electron chi connectivity index (χ3n) is 2.19. The van der Waals surface area contributed by atoms with Crippen LogP contribution in [0.5, 0.6) is 5.75 Å². The number of aliphatic carboxylic acids is 1. The monoisotopic (exact) mass is 271 g/mol. The van der Waals surface area contributed by atoms with Gasteiger partial charge in [0.15, 0.2) is 12.7 Å². The number of aliphatic hydroxyl groups excluding tert-OH is 1. The van der Waals surface area contributed by atoms with Gasteiger partial charge in [0.1, 0.15) is 11.6 Å². The molecule has 0 heterocycles. The molecule has 0 aromatic heterocycles. The fourth-order valence-electron chi connectivity index (χ4n) is 1.23. The summed E-state index contributed by atoms with van der Waals surface area (Å²) in [6.07, 6.45) is -1.61. The number of rotatable bonds is 7. The summed E-state index contributed by atoms with van der Waals surface area (Å²) in [6.45, 7) is -0.300. The van der Waals surface area contributed by atoms with Crippen molar-refractivity contribution >= 4 is 11.9 Å². The maximum atomic E-state index is 12.8. The van der Waals surface area contributed by atoms with Crippen LogP contribution in [0.15, 0.2) is 24.3 Å². The molecule has 19 heavy (non-hydrogen) atoms. The molecule has 0 saturated heterocycles. The Kier molecular flexibility index (Phi) is 5.74. The van der Waals surface area contributed by atoms with Crippen molar-refractivity contribution in [2.45, 2.75) is 12.5 Å². The third-order valence-corrected chi connectivity index (χ3v) is 2.19. The lowest BCUT2D eigenvalue weighted by molar-refractivity contribution is -0.147. The first-order chi connectivity index (χ1) is 8.99. The van der Waals surface area contributed by atoms with Gasteiger partial charge in [0.25, 0.3) is 5.91 Å². The molecular weight excluding hydrogens is 257 g/mol. The molecule has 0 aliphatic heterocycles. The number of nitrogens with one attached hydrogen (secondary N) is 1. The van der Waals surface area contributed by atoms with Crippen LogP contribution in [0.2, 0.25) is 0 Å². The van der Waals surface area contributed by atoms with Crippen LogP contribution in [0.1, 0.15) is 6.42 Å². The molecule has 0 radical (unpaired) electrons. The summed E-state index contributed by atoms with van der Waals surface area (Å²) in [5, 5.41) is 19.7. The first kappa shape index (κ1) is 14.9. The number of ether oxygens (including phenoxy) is 1. The summed E-state index contributed by atoms with van der Waals surface area (Å²) in [4.78, 5) is 21.6. The highest BCUT2D eigenvalue weighted by atomic mass is 19.1. The number of hydrogen-bond donors (Lipinski definition) is 3. The average molecular weight is 271 g/mol. The molecule has 0 spiro atoms. The summed E-state index contributed by atoms with van der Waals surface area (Å²) in [5.41, 5.74) is 0. The van der Waals surface area contributed by atoms with Gasteiger partial charge in [-0.1, -0.05) is 6.07 Å². The van der Waals surface area contributed by atoms with Gasteiger partial charge in [0.05, 0.1) is 0 Å². The predicted molar refractivity (Wildman–Crippen MR) is 63.2 cm³/mol. The molecule has 1 rings (SSSR count). The number of halogens is 1. The van der Waals surface area contributed by atoms with Gasteiger partial charge < -0.3 is 20.3 Å². The van der Waals surface area contributed by atoms with E-state index in [2.05, 4.69) is 5.32 Å². The summed E-state index contributed by atoms with van der Waals surface area (Å²) in [6, 6.07) is 5.35. The first-order valence-corrected chi connectivity index (χ1v) is 5.55. The van der Waals surface area contributed by atoms with Crippen molar-refractivity contribution in [3.05, 3.63) is 30.1 Å². The first-order valence-electron chi connectivity index (χ1n) is 5.55.